The lowest BCUT2D eigenvalue weighted by Gasteiger charge is -2.38. The number of carbonyl (C=O) groups excluding carboxylic acids is 2. The van der Waals surface area contributed by atoms with E-state index >= 15 is 0 Å². The van der Waals surface area contributed by atoms with Crippen molar-refractivity contribution in [2.75, 3.05) is 26.2 Å². The molecule has 0 radical (unpaired) electrons. The standard InChI is InChI=1S/C25H24F2N4O4/c26-17-5-7-21-19(13-17)22(32)28-25(35)31(21)14-15-4-6-20(27)18(12-15)24(34)30-10-8-29(9-11-30)23(33)16-2-1-3-16/h4-7,12-13,16H,1-3,8-11,14H2,(H,28,32,35). The fraction of sp³-hybridized carbons (Fsp3) is 0.360. The number of fused-ring (bicyclic) bond motifs is 1. The summed E-state index contributed by atoms with van der Waals surface area (Å²) in [4.78, 5) is 55.6. The quantitative estimate of drug-likeness (QED) is 0.616. The molecule has 1 aliphatic heterocycles. The fourth-order valence-electron chi connectivity index (χ4n) is 4.65. The molecule has 2 aromatic carbocycles. The van der Waals surface area contributed by atoms with Crippen LogP contribution in [0.1, 0.15) is 35.2 Å². The predicted molar refractivity (Wildman–Crippen MR) is 124 cm³/mol. The number of benzene rings is 2. The van der Waals surface area contributed by atoms with Gasteiger partial charge in [0, 0.05) is 32.1 Å². The Hall–Kier alpha value is -3.82. The molecule has 2 fully saturated rings. The van der Waals surface area contributed by atoms with E-state index in [2.05, 4.69) is 4.98 Å². The van der Waals surface area contributed by atoms with Gasteiger partial charge in [-0.3, -0.25) is 23.9 Å². The second kappa shape index (κ2) is 9.09. The van der Waals surface area contributed by atoms with Crippen LogP contribution in [-0.2, 0) is 11.3 Å². The van der Waals surface area contributed by atoms with Gasteiger partial charge in [-0.15, -0.1) is 0 Å². The average molecular weight is 482 g/mol. The van der Waals surface area contributed by atoms with Crippen molar-refractivity contribution < 1.29 is 18.4 Å². The number of aromatic amines is 1. The normalized spacial score (nSPS) is 16.4. The van der Waals surface area contributed by atoms with Gasteiger partial charge in [-0.1, -0.05) is 12.5 Å². The maximum Gasteiger partial charge on any atom is 0.329 e. The lowest BCUT2D eigenvalue weighted by atomic mass is 9.84. The number of halogens is 2. The van der Waals surface area contributed by atoms with Crippen molar-refractivity contribution in [3.63, 3.8) is 0 Å². The number of piperazine rings is 1. The maximum atomic E-state index is 14.6. The van der Waals surface area contributed by atoms with Crippen LogP contribution in [-0.4, -0.2) is 57.3 Å². The number of nitrogens with one attached hydrogen (secondary N) is 1. The Morgan fingerprint density at radius 2 is 1.66 bits per heavy atom. The zero-order chi connectivity index (χ0) is 24.7. The van der Waals surface area contributed by atoms with E-state index in [4.69, 9.17) is 0 Å². The van der Waals surface area contributed by atoms with E-state index in [0.29, 0.717) is 31.7 Å². The Morgan fingerprint density at radius 3 is 2.34 bits per heavy atom. The van der Waals surface area contributed by atoms with Gasteiger partial charge in [-0.05, 0) is 48.7 Å². The van der Waals surface area contributed by atoms with Crippen molar-refractivity contribution in [1.82, 2.24) is 19.4 Å². The summed E-state index contributed by atoms with van der Waals surface area (Å²) in [6.07, 6.45) is 2.90. The molecular formula is C25H24F2N4O4. The first-order valence-corrected chi connectivity index (χ1v) is 11.6. The van der Waals surface area contributed by atoms with Gasteiger partial charge >= 0.3 is 5.69 Å². The molecule has 2 aliphatic rings. The summed E-state index contributed by atoms with van der Waals surface area (Å²) in [5, 5.41) is 0.0114. The fourth-order valence-corrected chi connectivity index (χ4v) is 4.65. The van der Waals surface area contributed by atoms with Crippen molar-refractivity contribution in [3.05, 3.63) is 80.0 Å². The van der Waals surface area contributed by atoms with E-state index in [1.165, 1.54) is 27.7 Å². The molecule has 5 rings (SSSR count). The molecular weight excluding hydrogens is 458 g/mol. The van der Waals surface area contributed by atoms with Crippen LogP contribution in [0, 0.1) is 17.6 Å². The largest absolute Gasteiger partial charge is 0.339 e. The first-order valence-electron chi connectivity index (χ1n) is 11.6. The van der Waals surface area contributed by atoms with E-state index in [-0.39, 0.29) is 34.8 Å². The molecule has 1 saturated carbocycles. The lowest BCUT2D eigenvalue weighted by molar-refractivity contribution is -0.139. The highest BCUT2D eigenvalue weighted by atomic mass is 19.1. The van der Waals surface area contributed by atoms with Gasteiger partial charge in [0.25, 0.3) is 11.5 Å². The minimum atomic E-state index is -0.703. The minimum Gasteiger partial charge on any atom is -0.339 e. The van der Waals surface area contributed by atoms with Gasteiger partial charge < -0.3 is 9.80 Å². The van der Waals surface area contributed by atoms with Crippen LogP contribution in [0.2, 0.25) is 0 Å². The third kappa shape index (κ3) is 4.36. The molecule has 0 spiro atoms. The van der Waals surface area contributed by atoms with Crippen LogP contribution in [0.5, 0.6) is 0 Å². The summed E-state index contributed by atoms with van der Waals surface area (Å²) in [6.45, 7) is 1.41. The van der Waals surface area contributed by atoms with Crippen molar-refractivity contribution >= 4 is 22.7 Å². The third-order valence-corrected chi connectivity index (χ3v) is 6.89. The van der Waals surface area contributed by atoms with Gasteiger partial charge in [0.05, 0.1) is 23.0 Å². The highest BCUT2D eigenvalue weighted by molar-refractivity contribution is 5.95. The Balaban J connectivity index is 1.36. The first-order chi connectivity index (χ1) is 16.8. The van der Waals surface area contributed by atoms with Crippen LogP contribution < -0.4 is 11.2 Å². The highest BCUT2D eigenvalue weighted by Gasteiger charge is 2.32. The SMILES string of the molecule is O=C(c1cc(Cn2c(=O)[nH]c(=O)c3cc(F)ccc32)ccc1F)N1CCN(C(=O)C2CCC2)CC1. The minimum absolute atomic E-state index is 0.0114. The average Bonchev–Trinajstić information content (AvgIpc) is 2.81. The highest BCUT2D eigenvalue weighted by Crippen LogP contribution is 2.28. The van der Waals surface area contributed by atoms with Crippen LogP contribution in [0.4, 0.5) is 8.78 Å². The third-order valence-electron chi connectivity index (χ3n) is 6.89. The monoisotopic (exact) mass is 482 g/mol. The van der Waals surface area contributed by atoms with Gasteiger partial charge in [0.15, 0.2) is 0 Å². The molecule has 8 nitrogen and oxygen atoms in total. The van der Waals surface area contributed by atoms with Crippen LogP contribution in [0.3, 0.4) is 0 Å². The molecule has 182 valence electrons. The van der Waals surface area contributed by atoms with Gasteiger partial charge in [0.1, 0.15) is 11.6 Å². The predicted octanol–water partition coefficient (Wildman–Crippen LogP) is 2.10. The van der Waals surface area contributed by atoms with Crippen LogP contribution in [0.25, 0.3) is 10.9 Å². The molecule has 1 aliphatic carbocycles. The van der Waals surface area contributed by atoms with Crippen molar-refractivity contribution in [2.24, 2.45) is 5.92 Å². The molecule has 1 saturated heterocycles. The number of nitrogens with zero attached hydrogens (tertiary/aromatic N) is 3. The number of H-pyrrole nitrogens is 1. The van der Waals surface area contributed by atoms with E-state index in [1.807, 2.05) is 0 Å². The summed E-state index contributed by atoms with van der Waals surface area (Å²) >= 11 is 0. The number of aromatic nitrogens is 2. The van der Waals surface area contributed by atoms with Gasteiger partial charge in [0.2, 0.25) is 5.91 Å². The molecule has 1 N–H and O–H groups in total. The van der Waals surface area contributed by atoms with Crippen molar-refractivity contribution in [3.8, 4) is 0 Å². The van der Waals surface area contributed by atoms with E-state index in [0.717, 1.165) is 37.5 Å². The van der Waals surface area contributed by atoms with Crippen molar-refractivity contribution in [1.29, 1.82) is 0 Å². The second-order valence-corrected chi connectivity index (χ2v) is 9.07. The second-order valence-electron chi connectivity index (χ2n) is 9.07. The van der Waals surface area contributed by atoms with Crippen LogP contribution in [0.15, 0.2) is 46.0 Å². The molecule has 10 heteroatoms. The smallest absolute Gasteiger partial charge is 0.329 e. The van der Waals surface area contributed by atoms with E-state index < -0.39 is 28.8 Å². The Morgan fingerprint density at radius 1 is 0.943 bits per heavy atom. The van der Waals surface area contributed by atoms with Crippen LogP contribution >= 0.6 is 0 Å². The Labute approximate surface area is 198 Å². The molecule has 0 atom stereocenters. The van der Waals surface area contributed by atoms with E-state index in [1.54, 1.807) is 4.90 Å². The summed E-state index contributed by atoms with van der Waals surface area (Å²) in [5.74, 6) is -1.56. The van der Waals surface area contributed by atoms with Crippen molar-refractivity contribution in [2.45, 2.75) is 25.8 Å². The Kier molecular flexibility index (Phi) is 5.96. The summed E-state index contributed by atoms with van der Waals surface area (Å²) < 4.78 is 29.5. The molecule has 0 bridgehead atoms. The topological polar surface area (TPSA) is 95.5 Å². The van der Waals surface area contributed by atoms with Gasteiger partial charge in [-0.2, -0.15) is 0 Å². The number of rotatable bonds is 4. The summed E-state index contributed by atoms with van der Waals surface area (Å²) in [7, 11) is 0. The summed E-state index contributed by atoms with van der Waals surface area (Å²) in [6, 6.07) is 7.52. The molecule has 2 amide bonds. The zero-order valence-corrected chi connectivity index (χ0v) is 18.9. The number of hydrogen-bond donors (Lipinski definition) is 1. The Bertz CT molecular complexity index is 1440. The molecule has 3 aromatic rings. The molecule has 0 unspecified atom stereocenters. The lowest BCUT2D eigenvalue weighted by Crippen LogP contribution is -2.52. The summed E-state index contributed by atoms with van der Waals surface area (Å²) in [5.41, 5.74) is -0.837. The zero-order valence-electron chi connectivity index (χ0n) is 18.9. The number of carbonyl (C=O) groups is 2. The number of hydrogen-bond acceptors (Lipinski definition) is 4. The van der Waals surface area contributed by atoms with Gasteiger partial charge in [-0.25, -0.2) is 13.6 Å². The molecule has 1 aromatic heterocycles. The number of amides is 2. The molecule has 2 heterocycles. The maximum absolute atomic E-state index is 14.6. The first kappa shape index (κ1) is 22.9. The molecule has 35 heavy (non-hydrogen) atoms. The van der Waals surface area contributed by atoms with E-state index in [9.17, 15) is 28.0 Å².